The van der Waals surface area contributed by atoms with Crippen LogP contribution in [0, 0.1) is 5.41 Å². The van der Waals surface area contributed by atoms with Crippen LogP contribution in [-0.2, 0) is 14.8 Å². The van der Waals surface area contributed by atoms with Gasteiger partial charge in [-0.3, -0.25) is 4.79 Å². The Labute approximate surface area is 110 Å². The van der Waals surface area contributed by atoms with E-state index in [0.717, 1.165) is 25.6 Å². The Kier molecular flexibility index (Phi) is 4.78. The first kappa shape index (κ1) is 15.4. The van der Waals surface area contributed by atoms with Crippen LogP contribution < -0.4 is 4.72 Å². The van der Waals surface area contributed by atoms with Crippen molar-refractivity contribution in [2.24, 2.45) is 5.41 Å². The van der Waals surface area contributed by atoms with Crippen LogP contribution >= 0.6 is 0 Å². The fourth-order valence-corrected chi connectivity index (χ4v) is 2.97. The molecule has 0 aromatic heterocycles. The van der Waals surface area contributed by atoms with E-state index in [1.165, 1.54) is 0 Å². The van der Waals surface area contributed by atoms with Crippen LogP contribution in [0.2, 0.25) is 0 Å². The molecule has 0 unspecified atom stereocenters. The van der Waals surface area contributed by atoms with Crippen molar-refractivity contribution in [2.75, 3.05) is 19.3 Å². The van der Waals surface area contributed by atoms with E-state index in [2.05, 4.69) is 4.72 Å². The van der Waals surface area contributed by atoms with Gasteiger partial charge in [0.25, 0.3) is 0 Å². The van der Waals surface area contributed by atoms with Gasteiger partial charge < -0.3 is 4.90 Å². The first-order valence-corrected chi connectivity index (χ1v) is 8.21. The number of nitrogens with one attached hydrogen (secondary N) is 1. The molecule has 1 amide bonds. The van der Waals surface area contributed by atoms with Gasteiger partial charge in [-0.25, -0.2) is 13.1 Å². The monoisotopic (exact) mass is 276 g/mol. The molecule has 0 bridgehead atoms. The van der Waals surface area contributed by atoms with E-state index in [4.69, 9.17) is 0 Å². The van der Waals surface area contributed by atoms with Gasteiger partial charge >= 0.3 is 0 Å². The molecule has 1 aliphatic rings. The summed E-state index contributed by atoms with van der Waals surface area (Å²) in [6.45, 7) is 7.31. The Morgan fingerprint density at radius 3 is 2.50 bits per heavy atom. The quantitative estimate of drug-likeness (QED) is 0.835. The number of rotatable bonds is 3. The van der Waals surface area contributed by atoms with Crippen molar-refractivity contribution in [3.63, 3.8) is 0 Å². The number of hydrogen-bond donors (Lipinski definition) is 1. The predicted octanol–water partition coefficient (Wildman–Crippen LogP) is 0.963. The van der Waals surface area contributed by atoms with Gasteiger partial charge in [-0.05, 0) is 18.3 Å². The number of piperidine rings is 1. The molecule has 106 valence electrons. The number of carbonyl (C=O) groups is 1. The van der Waals surface area contributed by atoms with Crippen LogP contribution in [-0.4, -0.2) is 44.6 Å². The average molecular weight is 276 g/mol. The Hall–Kier alpha value is -0.620. The van der Waals surface area contributed by atoms with E-state index < -0.39 is 10.0 Å². The van der Waals surface area contributed by atoms with E-state index in [0.29, 0.717) is 13.0 Å². The summed E-state index contributed by atoms with van der Waals surface area (Å²) in [6, 6.07) is -0.141. The Morgan fingerprint density at radius 2 is 2.00 bits per heavy atom. The topological polar surface area (TPSA) is 66.5 Å². The van der Waals surface area contributed by atoms with Gasteiger partial charge in [-0.2, -0.15) is 0 Å². The second kappa shape index (κ2) is 5.57. The third-order valence-electron chi connectivity index (χ3n) is 2.84. The predicted molar refractivity (Wildman–Crippen MR) is 71.7 cm³/mol. The van der Waals surface area contributed by atoms with Gasteiger partial charge in [0.05, 0.1) is 6.26 Å². The third kappa shape index (κ3) is 5.82. The summed E-state index contributed by atoms with van der Waals surface area (Å²) in [5.74, 6) is 0.113. The van der Waals surface area contributed by atoms with Crippen molar-refractivity contribution in [3.05, 3.63) is 0 Å². The van der Waals surface area contributed by atoms with E-state index in [1.807, 2.05) is 20.8 Å². The van der Waals surface area contributed by atoms with Crippen molar-refractivity contribution >= 4 is 15.9 Å². The first-order valence-electron chi connectivity index (χ1n) is 6.32. The molecular formula is C12H24N2O3S. The Morgan fingerprint density at radius 1 is 1.39 bits per heavy atom. The van der Waals surface area contributed by atoms with E-state index in [1.54, 1.807) is 4.90 Å². The summed E-state index contributed by atoms with van der Waals surface area (Å²) in [5, 5.41) is 0. The zero-order valence-electron chi connectivity index (χ0n) is 11.7. The Balaban J connectivity index is 2.56. The first-order chi connectivity index (χ1) is 8.07. The standard InChI is InChI=1S/C12H24N2O3S/c1-12(2,3)8-11(15)14-7-5-6-10(9-14)13-18(4,16)17/h10,13H,5-9H2,1-4H3/t10-/m1/s1. The summed E-state index contributed by atoms with van der Waals surface area (Å²) >= 11 is 0. The summed E-state index contributed by atoms with van der Waals surface area (Å²) in [6.07, 6.45) is 3.30. The second-order valence-corrected chi connectivity index (χ2v) is 8.09. The zero-order valence-corrected chi connectivity index (χ0v) is 12.5. The smallest absolute Gasteiger partial charge is 0.223 e. The highest BCUT2D eigenvalue weighted by atomic mass is 32.2. The summed E-state index contributed by atoms with van der Waals surface area (Å²) in [5.41, 5.74) is -0.0334. The van der Waals surface area contributed by atoms with Crippen molar-refractivity contribution < 1.29 is 13.2 Å². The molecular weight excluding hydrogens is 252 g/mol. The maximum absolute atomic E-state index is 12.1. The molecule has 6 heteroatoms. The molecule has 1 aliphatic heterocycles. The zero-order chi connectivity index (χ0) is 14.0. The fourth-order valence-electron chi connectivity index (χ4n) is 2.17. The third-order valence-corrected chi connectivity index (χ3v) is 3.60. The molecule has 0 saturated carbocycles. The number of nitrogens with zero attached hydrogens (tertiary/aromatic N) is 1. The largest absolute Gasteiger partial charge is 0.341 e. The summed E-state index contributed by atoms with van der Waals surface area (Å²) < 4.78 is 25.0. The van der Waals surface area contributed by atoms with Crippen molar-refractivity contribution in [1.82, 2.24) is 9.62 Å². The molecule has 0 aliphatic carbocycles. The number of sulfonamides is 1. The van der Waals surface area contributed by atoms with Gasteiger partial charge in [0.2, 0.25) is 15.9 Å². The Bertz CT molecular complexity index is 398. The molecule has 1 heterocycles. The highest BCUT2D eigenvalue weighted by Crippen LogP contribution is 2.21. The lowest BCUT2D eigenvalue weighted by Crippen LogP contribution is -2.49. The molecule has 1 N–H and O–H groups in total. The molecule has 1 rings (SSSR count). The normalized spacial score (nSPS) is 22.0. The van der Waals surface area contributed by atoms with Crippen LogP contribution in [0.15, 0.2) is 0 Å². The summed E-state index contributed by atoms with van der Waals surface area (Å²) in [4.78, 5) is 13.8. The lowest BCUT2D eigenvalue weighted by Gasteiger charge is -2.34. The van der Waals surface area contributed by atoms with Crippen molar-refractivity contribution in [1.29, 1.82) is 0 Å². The van der Waals surface area contributed by atoms with E-state index >= 15 is 0 Å². The molecule has 1 fully saturated rings. The summed E-state index contributed by atoms with van der Waals surface area (Å²) in [7, 11) is -3.20. The van der Waals surface area contributed by atoms with E-state index in [-0.39, 0.29) is 17.4 Å². The molecule has 0 spiro atoms. The van der Waals surface area contributed by atoms with Gasteiger partial charge in [0.1, 0.15) is 0 Å². The fraction of sp³-hybridized carbons (Fsp3) is 0.917. The molecule has 1 saturated heterocycles. The lowest BCUT2D eigenvalue weighted by molar-refractivity contribution is -0.134. The lowest BCUT2D eigenvalue weighted by atomic mass is 9.91. The molecule has 1 atom stereocenters. The molecule has 0 radical (unpaired) electrons. The van der Waals surface area contributed by atoms with Gasteiger partial charge in [-0.15, -0.1) is 0 Å². The van der Waals surface area contributed by atoms with Crippen LogP contribution in [0.1, 0.15) is 40.0 Å². The van der Waals surface area contributed by atoms with Crippen molar-refractivity contribution in [3.8, 4) is 0 Å². The van der Waals surface area contributed by atoms with Gasteiger partial charge in [-0.1, -0.05) is 20.8 Å². The van der Waals surface area contributed by atoms with Crippen LogP contribution in [0.5, 0.6) is 0 Å². The number of amides is 1. The SMILES string of the molecule is CC(C)(C)CC(=O)N1CCC[C@@H](NS(C)(=O)=O)C1. The number of hydrogen-bond acceptors (Lipinski definition) is 3. The minimum Gasteiger partial charge on any atom is -0.341 e. The second-order valence-electron chi connectivity index (χ2n) is 6.31. The minimum atomic E-state index is -3.20. The highest BCUT2D eigenvalue weighted by molar-refractivity contribution is 7.88. The number of carbonyl (C=O) groups excluding carboxylic acids is 1. The van der Waals surface area contributed by atoms with E-state index in [9.17, 15) is 13.2 Å². The highest BCUT2D eigenvalue weighted by Gasteiger charge is 2.27. The van der Waals surface area contributed by atoms with Gasteiger partial charge in [0, 0.05) is 25.6 Å². The molecule has 5 nitrogen and oxygen atoms in total. The minimum absolute atomic E-state index is 0.0334. The number of likely N-dealkylation sites (tertiary alicyclic amines) is 1. The molecule has 0 aromatic rings. The van der Waals surface area contributed by atoms with Gasteiger partial charge in [0.15, 0.2) is 0 Å². The van der Waals surface area contributed by atoms with Crippen LogP contribution in [0.25, 0.3) is 0 Å². The van der Waals surface area contributed by atoms with Crippen LogP contribution in [0.3, 0.4) is 0 Å². The molecule has 18 heavy (non-hydrogen) atoms. The maximum Gasteiger partial charge on any atom is 0.223 e. The maximum atomic E-state index is 12.1. The van der Waals surface area contributed by atoms with Crippen molar-refractivity contribution in [2.45, 2.75) is 46.1 Å². The molecule has 0 aromatic carbocycles. The van der Waals surface area contributed by atoms with Crippen LogP contribution in [0.4, 0.5) is 0 Å². The average Bonchev–Trinajstić information content (AvgIpc) is 2.12.